The molecule has 3 nitrogen and oxygen atoms in total. The molecule has 0 saturated carbocycles. The van der Waals surface area contributed by atoms with Gasteiger partial charge < -0.3 is 0 Å². The van der Waals surface area contributed by atoms with Crippen molar-refractivity contribution in [1.29, 1.82) is 0 Å². The molecule has 1 fully saturated rings. The van der Waals surface area contributed by atoms with Crippen LogP contribution in [0.4, 0.5) is 36.4 Å². The summed E-state index contributed by atoms with van der Waals surface area (Å²) in [4.78, 5) is 15.3. The monoisotopic (exact) mass is 420 g/mol. The molecule has 0 bridgehead atoms. The summed E-state index contributed by atoms with van der Waals surface area (Å²) in [6, 6.07) is 1.83. The van der Waals surface area contributed by atoms with Crippen molar-refractivity contribution in [2.24, 2.45) is 4.99 Å². The maximum atomic E-state index is 14.1. The van der Waals surface area contributed by atoms with Crippen LogP contribution in [0, 0.1) is 12.7 Å². The lowest BCUT2D eigenvalue weighted by atomic mass is 10.2. The Hall–Kier alpha value is -1.43. The average Bonchev–Trinajstić information content (AvgIpc) is 2.91. The van der Waals surface area contributed by atoms with Crippen LogP contribution in [0.15, 0.2) is 22.0 Å². The molecular weight excluding hydrogens is 409 g/mol. The lowest BCUT2D eigenvalue weighted by Gasteiger charge is -2.20. The lowest BCUT2D eigenvalue weighted by molar-refractivity contribution is -0.132. The van der Waals surface area contributed by atoms with E-state index in [4.69, 9.17) is 0 Å². The van der Waals surface area contributed by atoms with E-state index < -0.39 is 47.2 Å². The largest absolute Gasteiger partial charge is 0.288 e. The van der Waals surface area contributed by atoms with E-state index in [9.17, 15) is 35.5 Å². The van der Waals surface area contributed by atoms with Gasteiger partial charge in [0.05, 0.1) is 5.75 Å². The number of nitrogens with zero attached hydrogens (tertiary/aromatic N) is 2. The van der Waals surface area contributed by atoms with E-state index in [1.165, 1.54) is 6.92 Å². The van der Waals surface area contributed by atoms with E-state index >= 15 is 0 Å². The Morgan fingerprint density at radius 1 is 1.15 bits per heavy atom. The molecule has 26 heavy (non-hydrogen) atoms. The number of carbonyl (C=O) groups excluding carboxylic acids is 1. The summed E-state index contributed by atoms with van der Waals surface area (Å²) >= 11 is 0.760. The standard InChI is InChI=1S/C14H11F7N2OS2/c1-5-2-6(15)7(3-8(5)26-13(21)11(18)19)22-14-23(9(24)4-25-14)12(20)10(16)17/h2-3,10-13H,4H2,1H3. The second-order valence-electron chi connectivity index (χ2n) is 5.03. The molecule has 1 aromatic rings. The molecule has 2 atom stereocenters. The molecular formula is C14H11F7N2OS2. The molecule has 1 saturated heterocycles. The summed E-state index contributed by atoms with van der Waals surface area (Å²) in [6.07, 6.45) is -9.71. The number of amides is 1. The number of aryl methyl sites for hydroxylation is 1. The fourth-order valence-electron chi connectivity index (χ4n) is 1.94. The lowest BCUT2D eigenvalue weighted by Crippen LogP contribution is -2.41. The van der Waals surface area contributed by atoms with Gasteiger partial charge in [-0.1, -0.05) is 23.5 Å². The van der Waals surface area contributed by atoms with Gasteiger partial charge in [-0.2, -0.15) is 0 Å². The van der Waals surface area contributed by atoms with E-state index in [0.717, 1.165) is 12.1 Å². The molecule has 2 unspecified atom stereocenters. The van der Waals surface area contributed by atoms with Gasteiger partial charge in [0.15, 0.2) is 5.17 Å². The number of amidine groups is 1. The van der Waals surface area contributed by atoms with Gasteiger partial charge in [0, 0.05) is 4.90 Å². The van der Waals surface area contributed by atoms with Gasteiger partial charge >= 0.3 is 0 Å². The SMILES string of the molecule is Cc1cc(F)c(N=C2SCC(=O)N2C(F)C(F)F)cc1SC(F)C(F)F. The summed E-state index contributed by atoms with van der Waals surface area (Å²) in [5.74, 6) is -2.29. The van der Waals surface area contributed by atoms with Crippen LogP contribution in [0.2, 0.25) is 0 Å². The van der Waals surface area contributed by atoms with Gasteiger partial charge in [0.1, 0.15) is 11.5 Å². The molecule has 12 heteroatoms. The van der Waals surface area contributed by atoms with Gasteiger partial charge in [-0.3, -0.25) is 9.69 Å². The third-order valence-corrected chi connectivity index (χ3v) is 5.21. The van der Waals surface area contributed by atoms with Crippen LogP contribution in [0.3, 0.4) is 0 Å². The van der Waals surface area contributed by atoms with Gasteiger partial charge in [0.25, 0.3) is 12.9 Å². The highest BCUT2D eigenvalue weighted by Crippen LogP contribution is 2.36. The topological polar surface area (TPSA) is 32.7 Å². The molecule has 1 amide bonds. The minimum Gasteiger partial charge on any atom is -0.273 e. The number of hydrogen-bond donors (Lipinski definition) is 0. The molecule has 0 spiro atoms. The number of thioether (sulfide) groups is 2. The van der Waals surface area contributed by atoms with Crippen molar-refractivity contribution in [3.8, 4) is 0 Å². The first-order valence-electron chi connectivity index (χ1n) is 6.96. The van der Waals surface area contributed by atoms with Crippen molar-refractivity contribution in [3.63, 3.8) is 0 Å². The predicted molar refractivity (Wildman–Crippen MR) is 85.2 cm³/mol. The second kappa shape index (κ2) is 8.51. The van der Waals surface area contributed by atoms with E-state index in [0.29, 0.717) is 11.8 Å². The zero-order valence-corrected chi connectivity index (χ0v) is 14.6. The summed E-state index contributed by atoms with van der Waals surface area (Å²) in [6.45, 7) is 1.36. The maximum Gasteiger partial charge on any atom is 0.288 e. The molecule has 0 radical (unpaired) electrons. The molecule has 1 aliphatic heterocycles. The zero-order valence-electron chi connectivity index (χ0n) is 12.9. The summed E-state index contributed by atoms with van der Waals surface area (Å²) in [5, 5.41) is -0.493. The Morgan fingerprint density at radius 2 is 1.81 bits per heavy atom. The molecule has 1 aromatic carbocycles. The van der Waals surface area contributed by atoms with Crippen molar-refractivity contribution < 1.29 is 35.5 Å². The van der Waals surface area contributed by atoms with Gasteiger partial charge in [-0.05, 0) is 24.6 Å². The Morgan fingerprint density at radius 3 is 2.38 bits per heavy atom. The molecule has 0 N–H and O–H groups in total. The van der Waals surface area contributed by atoms with Crippen molar-refractivity contribution >= 4 is 40.3 Å². The molecule has 1 aliphatic rings. The van der Waals surface area contributed by atoms with Crippen LogP contribution >= 0.6 is 23.5 Å². The highest BCUT2D eigenvalue weighted by molar-refractivity contribution is 8.15. The first-order valence-corrected chi connectivity index (χ1v) is 8.83. The summed E-state index contributed by atoms with van der Waals surface area (Å²) < 4.78 is 90.7. The third-order valence-electron chi connectivity index (χ3n) is 3.15. The van der Waals surface area contributed by atoms with Crippen molar-refractivity contribution in [2.75, 3.05) is 5.75 Å². The minimum atomic E-state index is -3.49. The smallest absolute Gasteiger partial charge is 0.273 e. The number of rotatable bonds is 6. The van der Waals surface area contributed by atoms with Crippen LogP contribution in [-0.4, -0.2) is 46.4 Å². The van der Waals surface area contributed by atoms with Gasteiger partial charge in [0.2, 0.25) is 17.7 Å². The maximum absolute atomic E-state index is 14.1. The fraction of sp³-hybridized carbons (Fsp3) is 0.429. The van der Waals surface area contributed by atoms with E-state index in [1.54, 1.807) is 0 Å². The first-order chi connectivity index (χ1) is 12.1. The van der Waals surface area contributed by atoms with Crippen LogP contribution in [0.25, 0.3) is 0 Å². The first kappa shape index (κ1) is 20.9. The Balaban J connectivity index is 2.38. The van der Waals surface area contributed by atoms with Crippen LogP contribution < -0.4 is 0 Å². The summed E-state index contributed by atoms with van der Waals surface area (Å²) in [5.41, 5.74) is -2.92. The van der Waals surface area contributed by atoms with E-state index in [1.807, 2.05) is 0 Å². The predicted octanol–water partition coefficient (Wildman–Crippen LogP) is 4.91. The Kier molecular flexibility index (Phi) is 6.83. The number of carbonyl (C=O) groups is 1. The quantitative estimate of drug-likeness (QED) is 0.373. The number of alkyl halides is 6. The minimum absolute atomic E-state index is 0.0509. The van der Waals surface area contributed by atoms with Crippen LogP contribution in [0.1, 0.15) is 5.56 Å². The molecule has 2 rings (SSSR count). The third kappa shape index (κ3) is 4.64. The zero-order chi connectivity index (χ0) is 19.6. The van der Waals surface area contributed by atoms with E-state index in [-0.39, 0.29) is 32.9 Å². The Labute approximate surface area is 152 Å². The van der Waals surface area contributed by atoms with Gasteiger partial charge in [-0.15, -0.1) is 0 Å². The number of halogens is 7. The molecule has 0 aliphatic carbocycles. The highest BCUT2D eigenvalue weighted by Gasteiger charge is 2.39. The van der Waals surface area contributed by atoms with Crippen LogP contribution in [-0.2, 0) is 4.79 Å². The Bertz CT molecular complexity index is 717. The van der Waals surface area contributed by atoms with Crippen molar-refractivity contribution in [1.82, 2.24) is 4.90 Å². The van der Waals surface area contributed by atoms with Crippen LogP contribution in [0.5, 0.6) is 0 Å². The summed E-state index contributed by atoms with van der Waals surface area (Å²) in [7, 11) is 0. The number of benzene rings is 1. The number of aliphatic imine (C=N–C) groups is 1. The molecule has 144 valence electrons. The highest BCUT2D eigenvalue weighted by atomic mass is 32.2. The van der Waals surface area contributed by atoms with Gasteiger partial charge in [-0.25, -0.2) is 35.7 Å². The van der Waals surface area contributed by atoms with E-state index in [2.05, 4.69) is 4.99 Å². The van der Waals surface area contributed by atoms with Crippen molar-refractivity contribution in [3.05, 3.63) is 23.5 Å². The fourth-order valence-corrected chi connectivity index (χ4v) is 3.61. The molecule has 0 aromatic heterocycles. The number of hydrogen-bond acceptors (Lipinski definition) is 4. The molecule has 1 heterocycles. The normalized spacial score (nSPS) is 19.1. The second-order valence-corrected chi connectivity index (χ2v) is 7.09. The average molecular weight is 420 g/mol. The van der Waals surface area contributed by atoms with Crippen molar-refractivity contribution in [2.45, 2.75) is 36.5 Å².